The minimum Gasteiger partial charge on any atom is -0.354 e. The second kappa shape index (κ2) is 7.62. The number of H-pyrrole nitrogens is 1. The molecule has 4 rings (SSSR count). The van der Waals surface area contributed by atoms with Crippen LogP contribution in [0.15, 0.2) is 30.5 Å². The Labute approximate surface area is 166 Å². The van der Waals surface area contributed by atoms with Crippen molar-refractivity contribution in [3.05, 3.63) is 36.0 Å². The lowest BCUT2D eigenvalue weighted by Crippen LogP contribution is -2.51. The van der Waals surface area contributed by atoms with Gasteiger partial charge in [-0.25, -0.2) is 9.97 Å². The maximum atomic E-state index is 13.6. The van der Waals surface area contributed by atoms with Gasteiger partial charge in [-0.3, -0.25) is 5.10 Å². The Hall–Kier alpha value is -2.68. The molecule has 0 radical (unpaired) electrons. The third kappa shape index (κ3) is 4.19. The number of halogens is 3. The first kappa shape index (κ1) is 19.6. The molecule has 0 spiro atoms. The highest BCUT2D eigenvalue weighted by molar-refractivity contribution is 5.89. The lowest BCUT2D eigenvalue weighted by Gasteiger charge is -2.35. The largest absolute Gasteiger partial charge is 0.416 e. The van der Waals surface area contributed by atoms with Gasteiger partial charge in [-0.1, -0.05) is 13.8 Å². The zero-order chi connectivity index (χ0) is 20.6. The molecule has 1 saturated heterocycles. The Bertz CT molecular complexity index is 997. The maximum absolute atomic E-state index is 13.6. The molecule has 1 atom stereocenters. The Morgan fingerprint density at radius 1 is 1.28 bits per heavy atom. The summed E-state index contributed by atoms with van der Waals surface area (Å²) in [7, 11) is 0. The summed E-state index contributed by atoms with van der Waals surface area (Å²) in [6.07, 6.45) is -1.91. The van der Waals surface area contributed by atoms with Gasteiger partial charge in [-0.2, -0.15) is 18.3 Å². The van der Waals surface area contributed by atoms with Gasteiger partial charge in [0.2, 0.25) is 0 Å². The summed E-state index contributed by atoms with van der Waals surface area (Å²) in [5.41, 5.74) is 0.348. The van der Waals surface area contributed by atoms with E-state index in [4.69, 9.17) is 0 Å². The molecule has 3 aromatic heterocycles. The molecule has 6 nitrogen and oxygen atoms in total. The van der Waals surface area contributed by atoms with Gasteiger partial charge in [0.05, 0.1) is 11.3 Å². The molecule has 0 unspecified atom stereocenters. The number of aromatic amines is 1. The van der Waals surface area contributed by atoms with Crippen molar-refractivity contribution in [1.29, 1.82) is 0 Å². The van der Waals surface area contributed by atoms with Crippen molar-refractivity contribution < 1.29 is 13.2 Å². The number of rotatable bonds is 4. The van der Waals surface area contributed by atoms with E-state index < -0.39 is 11.7 Å². The van der Waals surface area contributed by atoms with Crippen molar-refractivity contribution in [3.8, 4) is 11.4 Å². The van der Waals surface area contributed by atoms with Gasteiger partial charge in [0, 0.05) is 37.3 Å². The van der Waals surface area contributed by atoms with Crippen LogP contribution in [0.1, 0.15) is 25.8 Å². The van der Waals surface area contributed by atoms with E-state index in [-0.39, 0.29) is 11.7 Å². The van der Waals surface area contributed by atoms with Crippen molar-refractivity contribution in [2.45, 2.75) is 32.5 Å². The molecule has 3 aromatic rings. The lowest BCUT2D eigenvalue weighted by atomic mass is 10.0. The van der Waals surface area contributed by atoms with Crippen LogP contribution in [0.25, 0.3) is 22.4 Å². The number of nitrogens with zero attached hydrogens (tertiary/aromatic N) is 4. The molecule has 9 heteroatoms. The zero-order valence-electron chi connectivity index (χ0n) is 16.3. The highest BCUT2D eigenvalue weighted by Crippen LogP contribution is 2.35. The maximum Gasteiger partial charge on any atom is 0.416 e. The van der Waals surface area contributed by atoms with E-state index in [9.17, 15) is 13.2 Å². The zero-order valence-corrected chi connectivity index (χ0v) is 16.3. The van der Waals surface area contributed by atoms with Crippen molar-refractivity contribution in [1.82, 2.24) is 25.5 Å². The molecule has 0 amide bonds. The first-order valence-corrected chi connectivity index (χ1v) is 9.68. The average molecular weight is 404 g/mol. The lowest BCUT2D eigenvalue weighted by molar-refractivity contribution is -0.137. The van der Waals surface area contributed by atoms with E-state index >= 15 is 0 Å². The van der Waals surface area contributed by atoms with Crippen LogP contribution >= 0.6 is 0 Å². The number of pyridine rings is 2. The summed E-state index contributed by atoms with van der Waals surface area (Å²) >= 11 is 0. The van der Waals surface area contributed by atoms with Crippen LogP contribution in [0.5, 0.6) is 0 Å². The Morgan fingerprint density at radius 2 is 2.10 bits per heavy atom. The molecule has 0 bridgehead atoms. The summed E-state index contributed by atoms with van der Waals surface area (Å²) < 4.78 is 40.9. The van der Waals surface area contributed by atoms with E-state index in [1.807, 2.05) is 4.90 Å². The molecule has 0 aliphatic carbocycles. The molecular weight excluding hydrogens is 381 g/mol. The summed E-state index contributed by atoms with van der Waals surface area (Å²) in [5.74, 6) is 0.825. The fraction of sp³-hybridized carbons (Fsp3) is 0.450. The summed E-state index contributed by atoms with van der Waals surface area (Å²) in [5, 5.41) is 11.0. The molecular formula is C20H23F3N6. The molecule has 2 N–H and O–H groups in total. The van der Waals surface area contributed by atoms with Gasteiger partial charge in [-0.05, 0) is 36.6 Å². The monoisotopic (exact) mass is 404 g/mol. The Kier molecular flexibility index (Phi) is 5.16. The second-order valence-electron chi connectivity index (χ2n) is 7.80. The number of hydrogen-bond donors (Lipinski definition) is 2. The average Bonchev–Trinajstić information content (AvgIpc) is 3.11. The van der Waals surface area contributed by atoms with Crippen molar-refractivity contribution in [2.24, 2.45) is 5.92 Å². The highest BCUT2D eigenvalue weighted by Gasteiger charge is 2.33. The van der Waals surface area contributed by atoms with E-state index in [1.54, 1.807) is 18.3 Å². The smallest absolute Gasteiger partial charge is 0.354 e. The van der Waals surface area contributed by atoms with Crippen LogP contribution in [0, 0.1) is 5.92 Å². The predicted octanol–water partition coefficient (Wildman–Crippen LogP) is 3.86. The quantitative estimate of drug-likeness (QED) is 0.691. The van der Waals surface area contributed by atoms with Gasteiger partial charge >= 0.3 is 6.18 Å². The summed E-state index contributed by atoms with van der Waals surface area (Å²) in [6, 6.07) is 5.91. The fourth-order valence-corrected chi connectivity index (χ4v) is 3.77. The molecule has 1 aliphatic heterocycles. The van der Waals surface area contributed by atoms with Crippen LogP contribution in [0.3, 0.4) is 0 Å². The second-order valence-corrected chi connectivity index (χ2v) is 7.80. The molecule has 1 aliphatic rings. The number of anilines is 1. The Balaban J connectivity index is 1.75. The Morgan fingerprint density at radius 3 is 2.86 bits per heavy atom. The molecule has 154 valence electrons. The number of alkyl halides is 3. The topological polar surface area (TPSA) is 69.7 Å². The number of nitrogens with one attached hydrogen (secondary N) is 2. The third-order valence-corrected chi connectivity index (χ3v) is 5.05. The highest BCUT2D eigenvalue weighted by atomic mass is 19.4. The minimum absolute atomic E-state index is 0.188. The van der Waals surface area contributed by atoms with Crippen LogP contribution in [0.2, 0.25) is 0 Å². The minimum atomic E-state index is -4.47. The van der Waals surface area contributed by atoms with Gasteiger partial charge in [0.1, 0.15) is 11.5 Å². The van der Waals surface area contributed by atoms with E-state index in [0.29, 0.717) is 48.1 Å². The van der Waals surface area contributed by atoms with Crippen molar-refractivity contribution >= 4 is 16.9 Å². The summed E-state index contributed by atoms with van der Waals surface area (Å²) in [4.78, 5) is 10.7. The number of fused-ring (bicyclic) bond motifs is 1. The molecule has 29 heavy (non-hydrogen) atoms. The fourth-order valence-electron chi connectivity index (χ4n) is 3.77. The van der Waals surface area contributed by atoms with E-state index in [0.717, 1.165) is 18.6 Å². The van der Waals surface area contributed by atoms with E-state index in [1.165, 1.54) is 0 Å². The normalized spacial score (nSPS) is 18.0. The van der Waals surface area contributed by atoms with Gasteiger partial charge in [0.15, 0.2) is 5.65 Å². The predicted molar refractivity (Wildman–Crippen MR) is 106 cm³/mol. The first-order valence-electron chi connectivity index (χ1n) is 9.68. The van der Waals surface area contributed by atoms with Gasteiger partial charge < -0.3 is 10.2 Å². The van der Waals surface area contributed by atoms with E-state index in [2.05, 4.69) is 39.3 Å². The van der Waals surface area contributed by atoms with Crippen LogP contribution in [-0.4, -0.2) is 45.8 Å². The molecule has 0 saturated carbocycles. The van der Waals surface area contributed by atoms with Crippen molar-refractivity contribution in [2.75, 3.05) is 24.5 Å². The molecule has 1 fully saturated rings. The van der Waals surface area contributed by atoms with Crippen LogP contribution in [0.4, 0.5) is 19.0 Å². The SMILES string of the molecule is CC(C)C[C@H]1CN(c2cc(C(F)(F)F)cc(-c3n[nH]c4ncccc34)n2)CCN1. The van der Waals surface area contributed by atoms with Gasteiger partial charge in [0.25, 0.3) is 0 Å². The van der Waals surface area contributed by atoms with Crippen molar-refractivity contribution in [3.63, 3.8) is 0 Å². The summed E-state index contributed by atoms with van der Waals surface area (Å²) in [6.45, 7) is 6.20. The van der Waals surface area contributed by atoms with Gasteiger partial charge in [-0.15, -0.1) is 0 Å². The molecule has 4 heterocycles. The first-order chi connectivity index (χ1) is 13.8. The van der Waals surface area contributed by atoms with Crippen LogP contribution < -0.4 is 10.2 Å². The number of hydrogen-bond acceptors (Lipinski definition) is 5. The number of aromatic nitrogens is 4. The number of piperazine rings is 1. The standard InChI is InChI=1S/C20H23F3N6/c1-12(2)8-14-11-29(7-6-24-14)17-10-13(20(21,22)23)9-16(26-17)18-15-4-3-5-25-19(15)28-27-18/h3-5,9-10,12,14,24H,6-8,11H2,1-2H3,(H,25,27,28)/t14-/m0/s1. The van der Waals surface area contributed by atoms with Crippen LogP contribution in [-0.2, 0) is 6.18 Å². The molecule has 0 aromatic carbocycles. The third-order valence-electron chi connectivity index (χ3n) is 5.05.